The average molecular weight is 765 g/mol. The molecule has 54 heavy (non-hydrogen) atoms. The highest BCUT2D eigenvalue weighted by Gasteiger charge is 2.31. The van der Waals surface area contributed by atoms with E-state index in [9.17, 15) is 32.7 Å². The summed E-state index contributed by atoms with van der Waals surface area (Å²) >= 11 is 0. The number of aromatic nitrogens is 1. The van der Waals surface area contributed by atoms with E-state index < -0.39 is 34.1 Å². The number of piperidine rings is 2. The second-order valence-corrected chi connectivity index (χ2v) is 15.4. The zero-order chi connectivity index (χ0) is 38.7. The van der Waals surface area contributed by atoms with Crippen LogP contribution in [0.4, 0.5) is 4.79 Å². The second kappa shape index (κ2) is 18.8. The molecule has 14 nitrogen and oxygen atoms in total. The Hall–Kier alpha value is -5.02. The Labute approximate surface area is 315 Å². The maximum absolute atomic E-state index is 13.7. The fourth-order valence-corrected chi connectivity index (χ4v) is 7.65. The lowest BCUT2D eigenvalue weighted by Crippen LogP contribution is -2.46. The topological polar surface area (TPSA) is 182 Å². The number of nitrogens with one attached hydrogen (secondary N) is 1. The standard InChI is InChI=1S/C39H48N4O10S/c1-27-8-11-34(12-9-27)54(49,50)53-20-19-52-33-7-3-5-29(22-33)31-21-32(25-40-24-31)35(23-37(45)51-2)41-38(46)30-6-4-16-43(26-30)36(44)13-10-28-14-17-42(18-15-28)39(47)48/h3,5,7-9,11-12,21-22,24-25,28,30,35H,4,6,10,13-20,23,26H2,1-2H3,(H,41,46)(H,47,48)/t30-,35?/m1/s1. The van der Waals surface area contributed by atoms with Gasteiger partial charge in [-0.15, -0.1) is 0 Å². The van der Waals surface area contributed by atoms with Crippen molar-refractivity contribution in [2.75, 3.05) is 46.5 Å². The Morgan fingerprint density at radius 3 is 2.43 bits per heavy atom. The van der Waals surface area contributed by atoms with Crippen molar-refractivity contribution < 1.29 is 46.4 Å². The van der Waals surface area contributed by atoms with Gasteiger partial charge in [0.2, 0.25) is 11.8 Å². The van der Waals surface area contributed by atoms with Crippen LogP contribution in [0.3, 0.4) is 0 Å². The van der Waals surface area contributed by atoms with Gasteiger partial charge in [0.1, 0.15) is 19.0 Å². The molecule has 3 aromatic rings. The highest BCUT2D eigenvalue weighted by atomic mass is 32.2. The van der Waals surface area contributed by atoms with E-state index in [1.165, 1.54) is 24.1 Å². The first-order chi connectivity index (χ1) is 25.9. The lowest BCUT2D eigenvalue weighted by Gasteiger charge is -2.34. The number of carbonyl (C=O) groups is 4. The summed E-state index contributed by atoms with van der Waals surface area (Å²) in [6.07, 6.45) is 5.98. The van der Waals surface area contributed by atoms with Crippen LogP contribution < -0.4 is 10.1 Å². The first kappa shape index (κ1) is 40.2. The molecule has 2 aliphatic rings. The zero-order valence-electron chi connectivity index (χ0n) is 30.6. The monoisotopic (exact) mass is 764 g/mol. The number of carboxylic acid groups (broad SMARTS) is 1. The summed E-state index contributed by atoms with van der Waals surface area (Å²) in [6.45, 7) is 3.47. The molecule has 2 atom stereocenters. The van der Waals surface area contributed by atoms with E-state index in [-0.39, 0.29) is 42.9 Å². The Morgan fingerprint density at radius 1 is 0.944 bits per heavy atom. The maximum atomic E-state index is 13.7. The predicted molar refractivity (Wildman–Crippen MR) is 198 cm³/mol. The van der Waals surface area contributed by atoms with Crippen molar-refractivity contribution in [3.05, 3.63) is 78.1 Å². The molecule has 3 amide bonds. The Kier molecular flexibility index (Phi) is 14.0. The maximum Gasteiger partial charge on any atom is 0.407 e. The van der Waals surface area contributed by atoms with Crippen LogP contribution >= 0.6 is 0 Å². The van der Waals surface area contributed by atoms with E-state index in [2.05, 4.69) is 10.3 Å². The van der Waals surface area contributed by atoms with Crippen molar-refractivity contribution in [1.29, 1.82) is 0 Å². The van der Waals surface area contributed by atoms with Crippen LogP contribution in [0.25, 0.3) is 11.1 Å². The summed E-state index contributed by atoms with van der Waals surface area (Å²) in [5.41, 5.74) is 2.96. The van der Waals surface area contributed by atoms with Gasteiger partial charge in [0.15, 0.2) is 0 Å². The fraction of sp³-hybridized carbons (Fsp3) is 0.462. The number of carbonyl (C=O) groups excluding carboxylic acids is 3. The quantitative estimate of drug-likeness (QED) is 0.121. The van der Waals surface area contributed by atoms with E-state index in [1.807, 2.05) is 19.1 Å². The van der Waals surface area contributed by atoms with Gasteiger partial charge in [0, 0.05) is 50.6 Å². The first-order valence-corrected chi connectivity index (χ1v) is 19.6. The largest absolute Gasteiger partial charge is 0.491 e. The minimum atomic E-state index is -3.92. The number of methoxy groups -OCH3 is 1. The van der Waals surface area contributed by atoms with E-state index in [4.69, 9.17) is 13.7 Å². The van der Waals surface area contributed by atoms with E-state index in [0.29, 0.717) is 68.1 Å². The van der Waals surface area contributed by atoms with Gasteiger partial charge in [0.05, 0.1) is 30.4 Å². The van der Waals surface area contributed by atoms with Gasteiger partial charge in [0.25, 0.3) is 10.1 Å². The number of likely N-dealkylation sites (tertiary alicyclic amines) is 2. The van der Waals surface area contributed by atoms with Gasteiger partial charge in [-0.2, -0.15) is 8.42 Å². The summed E-state index contributed by atoms with van der Waals surface area (Å²) in [5, 5.41) is 12.2. The number of hydrogen-bond donors (Lipinski definition) is 2. The summed E-state index contributed by atoms with van der Waals surface area (Å²) in [5.74, 6) is -0.474. The van der Waals surface area contributed by atoms with Crippen molar-refractivity contribution in [1.82, 2.24) is 20.1 Å². The molecule has 290 valence electrons. The zero-order valence-corrected chi connectivity index (χ0v) is 31.5. The van der Waals surface area contributed by atoms with E-state index in [0.717, 1.165) is 24.0 Å². The van der Waals surface area contributed by atoms with Crippen LogP contribution in [0.15, 0.2) is 71.9 Å². The second-order valence-electron chi connectivity index (χ2n) is 13.7. The van der Waals surface area contributed by atoms with Gasteiger partial charge >= 0.3 is 12.1 Å². The molecule has 2 saturated heterocycles. The van der Waals surface area contributed by atoms with E-state index in [1.54, 1.807) is 47.6 Å². The molecule has 3 heterocycles. The molecular formula is C39H48N4O10S. The van der Waals surface area contributed by atoms with Gasteiger partial charge in [-0.3, -0.25) is 23.6 Å². The smallest absolute Gasteiger partial charge is 0.407 e. The number of pyridine rings is 1. The molecule has 0 saturated carbocycles. The highest BCUT2D eigenvalue weighted by Crippen LogP contribution is 2.29. The molecule has 0 spiro atoms. The first-order valence-electron chi connectivity index (χ1n) is 18.2. The molecule has 1 aromatic heterocycles. The molecule has 2 fully saturated rings. The summed E-state index contributed by atoms with van der Waals surface area (Å²) < 4.78 is 40.9. The van der Waals surface area contributed by atoms with Crippen LogP contribution in [0.5, 0.6) is 5.75 Å². The minimum Gasteiger partial charge on any atom is -0.491 e. The minimum absolute atomic E-state index is 0.0119. The number of aryl methyl sites for hydroxylation is 1. The molecular weight excluding hydrogens is 717 g/mol. The number of amides is 3. The molecule has 0 bridgehead atoms. The van der Waals surface area contributed by atoms with Crippen LogP contribution in [0, 0.1) is 18.8 Å². The number of hydrogen-bond acceptors (Lipinski definition) is 10. The van der Waals surface area contributed by atoms with Gasteiger partial charge in [-0.05, 0) is 86.4 Å². The summed E-state index contributed by atoms with van der Waals surface area (Å²) in [7, 11) is -2.64. The molecule has 2 aromatic carbocycles. The van der Waals surface area contributed by atoms with Crippen LogP contribution in [0.2, 0.25) is 0 Å². The fourth-order valence-electron chi connectivity index (χ4n) is 6.76. The molecule has 2 aliphatic heterocycles. The molecule has 5 rings (SSSR count). The molecule has 15 heteroatoms. The number of nitrogens with zero attached hydrogens (tertiary/aromatic N) is 3. The average Bonchev–Trinajstić information content (AvgIpc) is 3.18. The van der Waals surface area contributed by atoms with Crippen molar-refractivity contribution in [3.8, 4) is 16.9 Å². The summed E-state index contributed by atoms with van der Waals surface area (Å²) in [4.78, 5) is 58.1. The Balaban J connectivity index is 1.17. The predicted octanol–water partition coefficient (Wildman–Crippen LogP) is 4.97. The SMILES string of the molecule is COC(=O)CC(NC(=O)[C@@H]1CCCN(C(=O)CCC2CCN(C(=O)O)CC2)C1)c1cncc(-c2cccc(OCCOS(=O)(=O)c3ccc(C)cc3)c2)c1. The summed E-state index contributed by atoms with van der Waals surface area (Å²) in [6, 6.07) is 14.6. The van der Waals surface area contributed by atoms with Crippen molar-refractivity contribution in [2.24, 2.45) is 11.8 Å². The third kappa shape index (κ3) is 11.2. The van der Waals surface area contributed by atoms with Gasteiger partial charge in [-0.1, -0.05) is 29.8 Å². The number of rotatable bonds is 15. The van der Waals surface area contributed by atoms with Crippen molar-refractivity contribution in [2.45, 2.75) is 62.8 Å². The van der Waals surface area contributed by atoms with Crippen molar-refractivity contribution in [3.63, 3.8) is 0 Å². The number of esters is 1. The van der Waals surface area contributed by atoms with Crippen LogP contribution in [-0.4, -0.2) is 98.7 Å². The normalized spacial score (nSPS) is 17.0. The molecule has 2 N–H and O–H groups in total. The number of benzene rings is 2. The van der Waals surface area contributed by atoms with Gasteiger partial charge < -0.3 is 29.7 Å². The number of ether oxygens (including phenoxy) is 2. The highest BCUT2D eigenvalue weighted by molar-refractivity contribution is 7.86. The van der Waals surface area contributed by atoms with Crippen LogP contribution in [0.1, 0.15) is 62.1 Å². The third-order valence-electron chi connectivity index (χ3n) is 9.94. The lowest BCUT2D eigenvalue weighted by atomic mass is 9.91. The van der Waals surface area contributed by atoms with E-state index >= 15 is 0 Å². The molecule has 0 radical (unpaired) electrons. The third-order valence-corrected chi connectivity index (χ3v) is 11.3. The van der Waals surface area contributed by atoms with Gasteiger partial charge in [-0.25, -0.2) is 4.79 Å². The Bertz CT molecular complexity index is 1880. The van der Waals surface area contributed by atoms with Crippen molar-refractivity contribution >= 4 is 34.0 Å². The lowest BCUT2D eigenvalue weighted by molar-refractivity contribution is -0.141. The molecule has 1 unspecified atom stereocenters. The van der Waals surface area contributed by atoms with Crippen LogP contribution in [-0.2, 0) is 33.4 Å². The Morgan fingerprint density at radius 2 is 1.70 bits per heavy atom. The molecule has 0 aliphatic carbocycles.